The summed E-state index contributed by atoms with van der Waals surface area (Å²) in [6.45, 7) is 3.08. The number of halogens is 4. The SMILES string of the molecule is CC(=O)c1cc(F)c(C)cc1N1CC=C(C(F)(F)F)CC1. The maximum Gasteiger partial charge on any atom is 0.412 e. The van der Waals surface area contributed by atoms with E-state index in [0.29, 0.717) is 11.3 Å². The van der Waals surface area contributed by atoms with Gasteiger partial charge in [0.05, 0.1) is 0 Å². The lowest BCUT2D eigenvalue weighted by atomic mass is 10.0. The normalized spacial score (nSPS) is 15.9. The predicted molar refractivity (Wildman–Crippen MR) is 72.1 cm³/mol. The van der Waals surface area contributed by atoms with Crippen molar-refractivity contribution in [3.05, 3.63) is 40.7 Å². The van der Waals surface area contributed by atoms with Crippen LogP contribution in [0.15, 0.2) is 23.8 Å². The van der Waals surface area contributed by atoms with Crippen molar-refractivity contribution in [3.63, 3.8) is 0 Å². The topological polar surface area (TPSA) is 20.3 Å². The van der Waals surface area contributed by atoms with Crippen molar-refractivity contribution in [1.82, 2.24) is 0 Å². The lowest BCUT2D eigenvalue weighted by molar-refractivity contribution is -0.0944. The van der Waals surface area contributed by atoms with E-state index in [2.05, 4.69) is 0 Å². The minimum absolute atomic E-state index is 0.0557. The molecule has 1 heterocycles. The van der Waals surface area contributed by atoms with Crippen LogP contribution in [0.3, 0.4) is 0 Å². The van der Waals surface area contributed by atoms with Gasteiger partial charge in [-0.3, -0.25) is 4.79 Å². The van der Waals surface area contributed by atoms with Crippen molar-refractivity contribution in [2.24, 2.45) is 0 Å². The Hall–Kier alpha value is -1.85. The maximum absolute atomic E-state index is 13.6. The van der Waals surface area contributed by atoms with Gasteiger partial charge < -0.3 is 4.90 Å². The number of Topliss-reactive ketones (excluding diaryl/α,β-unsaturated/α-hetero) is 1. The van der Waals surface area contributed by atoms with Gasteiger partial charge in [0.25, 0.3) is 0 Å². The minimum atomic E-state index is -4.31. The highest BCUT2D eigenvalue weighted by Crippen LogP contribution is 2.33. The fourth-order valence-electron chi connectivity index (χ4n) is 2.36. The number of ketones is 1. The first kappa shape index (κ1) is 15.5. The smallest absolute Gasteiger partial charge is 0.367 e. The second kappa shape index (κ2) is 5.50. The molecule has 0 aliphatic carbocycles. The zero-order valence-corrected chi connectivity index (χ0v) is 11.7. The van der Waals surface area contributed by atoms with E-state index < -0.39 is 17.6 Å². The van der Waals surface area contributed by atoms with Gasteiger partial charge in [-0.25, -0.2) is 4.39 Å². The monoisotopic (exact) mass is 301 g/mol. The van der Waals surface area contributed by atoms with Crippen molar-refractivity contribution in [3.8, 4) is 0 Å². The van der Waals surface area contributed by atoms with Crippen LogP contribution in [0.4, 0.5) is 23.2 Å². The molecule has 1 aliphatic rings. The zero-order valence-electron chi connectivity index (χ0n) is 11.7. The summed E-state index contributed by atoms with van der Waals surface area (Å²) >= 11 is 0. The molecular weight excluding hydrogens is 286 g/mol. The van der Waals surface area contributed by atoms with Gasteiger partial charge in [-0.15, -0.1) is 0 Å². The molecule has 0 amide bonds. The highest BCUT2D eigenvalue weighted by atomic mass is 19.4. The highest BCUT2D eigenvalue weighted by molar-refractivity contribution is 6.00. The third-order valence-corrected chi connectivity index (χ3v) is 3.57. The molecule has 114 valence electrons. The number of carbonyl (C=O) groups excluding carboxylic acids is 1. The van der Waals surface area contributed by atoms with Crippen LogP contribution < -0.4 is 4.90 Å². The van der Waals surface area contributed by atoms with Crippen LogP contribution in [0.2, 0.25) is 0 Å². The Labute approximate surface area is 120 Å². The second-order valence-electron chi connectivity index (χ2n) is 5.10. The van der Waals surface area contributed by atoms with E-state index in [1.807, 2.05) is 0 Å². The summed E-state index contributed by atoms with van der Waals surface area (Å²) in [4.78, 5) is 13.3. The summed E-state index contributed by atoms with van der Waals surface area (Å²) in [7, 11) is 0. The number of hydrogen-bond donors (Lipinski definition) is 0. The molecule has 0 bridgehead atoms. The van der Waals surface area contributed by atoms with Gasteiger partial charge in [0.1, 0.15) is 5.82 Å². The van der Waals surface area contributed by atoms with Gasteiger partial charge in [0.15, 0.2) is 5.78 Å². The summed E-state index contributed by atoms with van der Waals surface area (Å²) < 4.78 is 51.4. The first-order valence-corrected chi connectivity index (χ1v) is 6.52. The van der Waals surface area contributed by atoms with E-state index in [4.69, 9.17) is 0 Å². The lowest BCUT2D eigenvalue weighted by Gasteiger charge is -2.30. The molecule has 0 saturated heterocycles. The van der Waals surface area contributed by atoms with Crippen molar-refractivity contribution in [1.29, 1.82) is 0 Å². The molecule has 0 N–H and O–H groups in total. The highest BCUT2D eigenvalue weighted by Gasteiger charge is 2.35. The van der Waals surface area contributed by atoms with Crippen LogP contribution in [0, 0.1) is 12.7 Å². The van der Waals surface area contributed by atoms with Gasteiger partial charge >= 0.3 is 6.18 Å². The van der Waals surface area contributed by atoms with Crippen LogP contribution in [-0.2, 0) is 0 Å². The van der Waals surface area contributed by atoms with E-state index in [9.17, 15) is 22.4 Å². The summed E-state index contributed by atoms with van der Waals surface area (Å²) in [6, 6.07) is 2.66. The molecule has 1 aliphatic heterocycles. The van der Waals surface area contributed by atoms with E-state index in [0.717, 1.165) is 12.1 Å². The van der Waals surface area contributed by atoms with E-state index in [1.54, 1.807) is 11.8 Å². The standard InChI is InChI=1S/C15H15F4NO/c1-9-7-14(12(10(2)21)8-13(9)16)20-5-3-11(4-6-20)15(17,18)19/h3,7-8H,4-6H2,1-2H3. The lowest BCUT2D eigenvalue weighted by Crippen LogP contribution is -2.33. The van der Waals surface area contributed by atoms with Crippen LogP contribution >= 0.6 is 0 Å². The summed E-state index contributed by atoms with van der Waals surface area (Å²) in [5.41, 5.74) is 0.489. The molecule has 0 aromatic heterocycles. The molecule has 0 unspecified atom stereocenters. The van der Waals surface area contributed by atoms with Crippen LogP contribution in [0.5, 0.6) is 0 Å². The van der Waals surface area contributed by atoms with E-state index in [-0.39, 0.29) is 30.9 Å². The van der Waals surface area contributed by atoms with Crippen molar-refractivity contribution in [2.45, 2.75) is 26.4 Å². The molecule has 0 saturated carbocycles. The number of aryl methyl sites for hydroxylation is 1. The average Bonchev–Trinajstić information content (AvgIpc) is 2.40. The van der Waals surface area contributed by atoms with Crippen LogP contribution in [-0.4, -0.2) is 25.0 Å². The quantitative estimate of drug-likeness (QED) is 0.467. The second-order valence-corrected chi connectivity index (χ2v) is 5.10. The largest absolute Gasteiger partial charge is 0.412 e. The third kappa shape index (κ3) is 3.25. The first-order chi connectivity index (χ1) is 9.70. The van der Waals surface area contributed by atoms with Gasteiger partial charge in [-0.1, -0.05) is 6.08 Å². The Morgan fingerprint density at radius 2 is 1.95 bits per heavy atom. The molecule has 0 spiro atoms. The molecule has 21 heavy (non-hydrogen) atoms. The number of carbonyl (C=O) groups is 1. The third-order valence-electron chi connectivity index (χ3n) is 3.57. The van der Waals surface area contributed by atoms with E-state index in [1.165, 1.54) is 13.0 Å². The molecule has 0 fully saturated rings. The number of hydrogen-bond acceptors (Lipinski definition) is 2. The van der Waals surface area contributed by atoms with Crippen molar-refractivity contribution < 1.29 is 22.4 Å². The molecule has 0 atom stereocenters. The number of alkyl halides is 3. The molecular formula is C15H15F4NO. The molecule has 2 nitrogen and oxygen atoms in total. The van der Waals surface area contributed by atoms with Crippen LogP contribution in [0.1, 0.15) is 29.3 Å². The summed E-state index contributed by atoms with van der Waals surface area (Å²) in [5, 5.41) is 0. The number of rotatable bonds is 2. The van der Waals surface area contributed by atoms with Crippen molar-refractivity contribution >= 4 is 11.5 Å². The zero-order chi connectivity index (χ0) is 15.8. The Morgan fingerprint density at radius 1 is 1.29 bits per heavy atom. The Kier molecular flexibility index (Phi) is 4.07. The fourth-order valence-corrected chi connectivity index (χ4v) is 2.36. The number of nitrogens with zero attached hydrogens (tertiary/aromatic N) is 1. The first-order valence-electron chi connectivity index (χ1n) is 6.52. The van der Waals surface area contributed by atoms with Gasteiger partial charge in [-0.2, -0.15) is 13.2 Å². The minimum Gasteiger partial charge on any atom is -0.367 e. The molecule has 6 heteroatoms. The predicted octanol–water partition coefficient (Wildman–Crippen LogP) is 4.04. The van der Waals surface area contributed by atoms with Gasteiger partial charge in [0, 0.05) is 29.9 Å². The fraction of sp³-hybridized carbons (Fsp3) is 0.400. The van der Waals surface area contributed by atoms with Crippen molar-refractivity contribution in [2.75, 3.05) is 18.0 Å². The molecule has 0 radical (unpaired) electrons. The molecule has 2 rings (SSSR count). The number of anilines is 1. The Balaban J connectivity index is 2.34. The average molecular weight is 301 g/mol. The maximum atomic E-state index is 13.6. The Morgan fingerprint density at radius 3 is 2.43 bits per heavy atom. The van der Waals surface area contributed by atoms with Crippen LogP contribution in [0.25, 0.3) is 0 Å². The summed E-state index contributed by atoms with van der Waals surface area (Å²) in [5.74, 6) is -0.804. The van der Waals surface area contributed by atoms with E-state index >= 15 is 0 Å². The molecule has 1 aromatic rings. The van der Waals surface area contributed by atoms with Gasteiger partial charge in [-0.05, 0) is 38.0 Å². The Bertz CT molecular complexity index is 604. The molecule has 1 aromatic carbocycles. The van der Waals surface area contributed by atoms with Gasteiger partial charge in [0.2, 0.25) is 0 Å². The summed E-state index contributed by atoms with van der Waals surface area (Å²) in [6.07, 6.45) is -3.34. The number of benzene rings is 1.